The standard InChI is InChI=1S/C22H24F3N3O4S/c1-4-27(13-20(29)26-18-8-6-5-7-17(18)22(23,24)25)21(30)15-9-10-19-16(12-15)11-14(2)28(19)33(3,31)32/h5-10,12,14H,4,11,13H2,1-3H3,(H,26,29). The van der Waals surface area contributed by atoms with Gasteiger partial charge in [-0.3, -0.25) is 13.9 Å². The third-order valence-electron chi connectivity index (χ3n) is 5.35. The number of hydrogen-bond acceptors (Lipinski definition) is 4. The van der Waals surface area contributed by atoms with Gasteiger partial charge in [0.15, 0.2) is 0 Å². The van der Waals surface area contributed by atoms with Crippen LogP contribution in [0.2, 0.25) is 0 Å². The lowest BCUT2D eigenvalue weighted by atomic mass is 10.1. The van der Waals surface area contributed by atoms with Crippen molar-refractivity contribution in [3.05, 3.63) is 59.2 Å². The summed E-state index contributed by atoms with van der Waals surface area (Å²) in [6.07, 6.45) is -3.08. The van der Waals surface area contributed by atoms with Crippen molar-refractivity contribution in [1.82, 2.24) is 4.90 Å². The summed E-state index contributed by atoms with van der Waals surface area (Å²) in [7, 11) is -3.47. The van der Waals surface area contributed by atoms with Crippen LogP contribution >= 0.6 is 0 Å². The Balaban J connectivity index is 1.77. The van der Waals surface area contributed by atoms with Crippen molar-refractivity contribution < 1.29 is 31.2 Å². The Labute approximate surface area is 190 Å². The molecule has 2 aromatic rings. The molecular formula is C22H24F3N3O4S. The van der Waals surface area contributed by atoms with Gasteiger partial charge in [-0.1, -0.05) is 12.1 Å². The molecule has 0 bridgehead atoms. The number of carbonyl (C=O) groups is 2. The van der Waals surface area contributed by atoms with Gasteiger partial charge in [0.05, 0.1) is 23.2 Å². The van der Waals surface area contributed by atoms with Gasteiger partial charge < -0.3 is 10.2 Å². The van der Waals surface area contributed by atoms with Crippen molar-refractivity contribution in [2.45, 2.75) is 32.5 Å². The van der Waals surface area contributed by atoms with Gasteiger partial charge in [-0.15, -0.1) is 0 Å². The van der Waals surface area contributed by atoms with Gasteiger partial charge in [0.2, 0.25) is 15.9 Å². The molecule has 1 aliphatic rings. The van der Waals surface area contributed by atoms with E-state index in [-0.39, 0.29) is 23.8 Å². The number of amides is 2. The molecule has 7 nitrogen and oxygen atoms in total. The molecule has 0 saturated carbocycles. The number of hydrogen-bond donors (Lipinski definition) is 1. The molecule has 0 aromatic heterocycles. The van der Waals surface area contributed by atoms with Crippen LogP contribution in [0, 0.1) is 0 Å². The molecular weight excluding hydrogens is 459 g/mol. The molecule has 1 heterocycles. The fourth-order valence-corrected chi connectivity index (χ4v) is 5.22. The number of sulfonamides is 1. The van der Waals surface area contributed by atoms with Crippen molar-refractivity contribution in [3.63, 3.8) is 0 Å². The highest BCUT2D eigenvalue weighted by Crippen LogP contribution is 2.36. The number of anilines is 2. The van der Waals surface area contributed by atoms with E-state index in [1.807, 2.05) is 0 Å². The van der Waals surface area contributed by atoms with Gasteiger partial charge in [0.1, 0.15) is 6.54 Å². The second kappa shape index (κ2) is 9.05. The minimum absolute atomic E-state index is 0.149. The molecule has 0 saturated heterocycles. The third kappa shape index (κ3) is 5.29. The minimum Gasteiger partial charge on any atom is -0.330 e. The number of benzene rings is 2. The molecule has 33 heavy (non-hydrogen) atoms. The van der Waals surface area contributed by atoms with E-state index in [1.165, 1.54) is 27.4 Å². The summed E-state index contributed by atoms with van der Waals surface area (Å²) >= 11 is 0. The Kier molecular flexibility index (Phi) is 6.73. The normalized spacial score (nSPS) is 15.8. The number of rotatable bonds is 6. The third-order valence-corrected chi connectivity index (χ3v) is 6.62. The van der Waals surface area contributed by atoms with Crippen LogP contribution < -0.4 is 9.62 Å². The van der Waals surface area contributed by atoms with E-state index in [0.717, 1.165) is 18.4 Å². The molecule has 1 unspecified atom stereocenters. The van der Waals surface area contributed by atoms with E-state index < -0.39 is 40.1 Å². The maximum Gasteiger partial charge on any atom is 0.418 e. The highest BCUT2D eigenvalue weighted by Gasteiger charge is 2.34. The Morgan fingerprint density at radius 1 is 1.18 bits per heavy atom. The van der Waals surface area contributed by atoms with Gasteiger partial charge in [0, 0.05) is 18.2 Å². The van der Waals surface area contributed by atoms with Crippen LogP contribution in [-0.4, -0.2) is 50.5 Å². The van der Waals surface area contributed by atoms with Crippen LogP contribution in [0.25, 0.3) is 0 Å². The maximum absolute atomic E-state index is 13.2. The van der Waals surface area contributed by atoms with Crippen LogP contribution in [-0.2, 0) is 27.4 Å². The first-order chi connectivity index (χ1) is 15.3. The summed E-state index contributed by atoms with van der Waals surface area (Å²) < 4.78 is 64.9. The number of likely N-dealkylation sites (N-methyl/N-ethyl adjacent to an activating group) is 1. The number of nitrogens with one attached hydrogen (secondary N) is 1. The number of carbonyl (C=O) groups excluding carboxylic acids is 2. The molecule has 0 spiro atoms. The molecule has 3 rings (SSSR count). The zero-order valence-corrected chi connectivity index (χ0v) is 19.1. The average Bonchev–Trinajstić information content (AvgIpc) is 3.06. The molecule has 1 aliphatic heterocycles. The predicted molar refractivity (Wildman–Crippen MR) is 119 cm³/mol. The summed E-state index contributed by atoms with van der Waals surface area (Å²) in [6.45, 7) is 3.13. The van der Waals surface area contributed by atoms with Crippen LogP contribution in [0.4, 0.5) is 24.5 Å². The quantitative estimate of drug-likeness (QED) is 0.681. The van der Waals surface area contributed by atoms with E-state index in [4.69, 9.17) is 0 Å². The number of fused-ring (bicyclic) bond motifs is 1. The van der Waals surface area contributed by atoms with Gasteiger partial charge in [-0.2, -0.15) is 13.2 Å². The second-order valence-corrected chi connectivity index (χ2v) is 9.73. The summed E-state index contributed by atoms with van der Waals surface area (Å²) in [4.78, 5) is 26.6. The van der Waals surface area contributed by atoms with Gasteiger partial charge in [-0.25, -0.2) is 8.42 Å². The summed E-state index contributed by atoms with van der Waals surface area (Å²) in [5.74, 6) is -1.25. The molecule has 178 valence electrons. The Bertz CT molecular complexity index is 1180. The molecule has 0 radical (unpaired) electrons. The molecule has 0 aliphatic carbocycles. The monoisotopic (exact) mass is 483 g/mol. The molecule has 1 atom stereocenters. The van der Waals surface area contributed by atoms with Crippen molar-refractivity contribution in [1.29, 1.82) is 0 Å². The van der Waals surface area contributed by atoms with Crippen LogP contribution in [0.3, 0.4) is 0 Å². The number of nitrogens with zero attached hydrogens (tertiary/aromatic N) is 2. The van der Waals surface area contributed by atoms with Crippen LogP contribution in [0.15, 0.2) is 42.5 Å². The fraction of sp³-hybridized carbons (Fsp3) is 0.364. The zero-order valence-electron chi connectivity index (χ0n) is 18.3. The second-order valence-electron chi connectivity index (χ2n) is 7.87. The Morgan fingerprint density at radius 2 is 1.85 bits per heavy atom. The first-order valence-corrected chi connectivity index (χ1v) is 12.1. The number of halogens is 3. The number of alkyl halides is 3. The first-order valence-electron chi connectivity index (χ1n) is 10.2. The van der Waals surface area contributed by atoms with Crippen LogP contribution in [0.1, 0.15) is 35.3 Å². The molecule has 0 fully saturated rings. The average molecular weight is 484 g/mol. The predicted octanol–water partition coefficient (Wildman–Crippen LogP) is 3.52. The van der Waals surface area contributed by atoms with E-state index >= 15 is 0 Å². The lowest BCUT2D eigenvalue weighted by Crippen LogP contribution is -2.38. The van der Waals surface area contributed by atoms with Gasteiger partial charge in [-0.05, 0) is 56.2 Å². The minimum atomic E-state index is -4.63. The van der Waals surface area contributed by atoms with Gasteiger partial charge in [0.25, 0.3) is 5.91 Å². The Morgan fingerprint density at radius 3 is 2.45 bits per heavy atom. The first kappa shape index (κ1) is 24.6. The zero-order chi connectivity index (χ0) is 24.6. The fourth-order valence-electron chi connectivity index (χ4n) is 3.95. The van der Waals surface area contributed by atoms with Crippen molar-refractivity contribution in [3.8, 4) is 0 Å². The lowest BCUT2D eigenvalue weighted by molar-refractivity contribution is -0.137. The van der Waals surface area contributed by atoms with Crippen LogP contribution in [0.5, 0.6) is 0 Å². The van der Waals surface area contributed by atoms with Gasteiger partial charge >= 0.3 is 6.18 Å². The highest BCUT2D eigenvalue weighted by atomic mass is 32.2. The molecule has 2 aromatic carbocycles. The molecule has 2 amide bonds. The summed E-state index contributed by atoms with van der Waals surface area (Å²) in [6, 6.07) is 8.95. The summed E-state index contributed by atoms with van der Waals surface area (Å²) in [5, 5.41) is 2.23. The van der Waals surface area contributed by atoms with Crippen molar-refractivity contribution in [2.24, 2.45) is 0 Å². The summed E-state index contributed by atoms with van der Waals surface area (Å²) in [5.41, 5.74) is 0.105. The Hall–Kier alpha value is -3.08. The lowest BCUT2D eigenvalue weighted by Gasteiger charge is -2.23. The van der Waals surface area contributed by atoms with E-state index in [9.17, 15) is 31.2 Å². The highest BCUT2D eigenvalue weighted by molar-refractivity contribution is 7.92. The smallest absolute Gasteiger partial charge is 0.330 e. The maximum atomic E-state index is 13.2. The molecule has 1 N–H and O–H groups in total. The topological polar surface area (TPSA) is 86.8 Å². The number of para-hydroxylation sites is 1. The van der Waals surface area contributed by atoms with E-state index in [2.05, 4.69) is 5.32 Å². The molecule has 11 heteroatoms. The van der Waals surface area contributed by atoms with E-state index in [0.29, 0.717) is 17.7 Å². The largest absolute Gasteiger partial charge is 0.418 e. The van der Waals surface area contributed by atoms with Crippen molar-refractivity contribution in [2.75, 3.05) is 29.0 Å². The van der Waals surface area contributed by atoms with Crippen molar-refractivity contribution >= 4 is 33.2 Å². The van der Waals surface area contributed by atoms with E-state index in [1.54, 1.807) is 26.0 Å². The SMILES string of the molecule is CCN(CC(=O)Nc1ccccc1C(F)(F)F)C(=O)c1ccc2c(c1)CC(C)N2S(C)(=O)=O.